The van der Waals surface area contributed by atoms with Gasteiger partial charge in [0.2, 0.25) is 0 Å². The normalized spacial score (nSPS) is 10.0. The van der Waals surface area contributed by atoms with Crippen LogP contribution in [0.4, 0.5) is 5.69 Å². The second kappa shape index (κ2) is 10.9. The van der Waals surface area contributed by atoms with Crippen molar-refractivity contribution in [3.8, 4) is 17.6 Å². The topological polar surface area (TPSA) is 88.9 Å². The fraction of sp³-hybridized carbons (Fsp3) is 0.286. The summed E-state index contributed by atoms with van der Waals surface area (Å²) in [7, 11) is 1.43. The second-order valence-electron chi connectivity index (χ2n) is 5.79. The molecule has 0 saturated carbocycles. The van der Waals surface area contributed by atoms with Crippen LogP contribution in [0.15, 0.2) is 42.5 Å². The van der Waals surface area contributed by atoms with Gasteiger partial charge >= 0.3 is 5.97 Å². The van der Waals surface area contributed by atoms with Crippen LogP contribution in [0.3, 0.4) is 0 Å². The smallest absolute Gasteiger partial charge is 0.338 e. The fourth-order valence-electron chi connectivity index (χ4n) is 2.58. The van der Waals surface area contributed by atoms with Gasteiger partial charge in [0.15, 0.2) is 18.1 Å². The number of halogens is 1. The summed E-state index contributed by atoms with van der Waals surface area (Å²) in [6.07, 6.45) is 0.153. The minimum absolute atomic E-state index is 0.131. The Balaban J connectivity index is 2.11. The quantitative estimate of drug-likeness (QED) is 0.577. The van der Waals surface area contributed by atoms with Gasteiger partial charge in [-0.25, -0.2) is 4.79 Å². The molecule has 0 radical (unpaired) electrons. The van der Waals surface area contributed by atoms with Crippen molar-refractivity contribution in [2.75, 3.05) is 31.8 Å². The summed E-state index contributed by atoms with van der Waals surface area (Å²) in [4.78, 5) is 26.4. The van der Waals surface area contributed by atoms with Gasteiger partial charge in [0.1, 0.15) is 0 Å². The van der Waals surface area contributed by atoms with Crippen molar-refractivity contribution in [1.82, 2.24) is 0 Å². The van der Waals surface area contributed by atoms with E-state index in [4.69, 9.17) is 31.1 Å². The van der Waals surface area contributed by atoms with Crippen LogP contribution in [0.25, 0.3) is 0 Å². The average Bonchev–Trinajstić information content (AvgIpc) is 2.74. The molecule has 0 aromatic heterocycles. The highest BCUT2D eigenvalue weighted by atomic mass is 35.5. The van der Waals surface area contributed by atoms with Gasteiger partial charge < -0.3 is 19.1 Å². The lowest BCUT2D eigenvalue weighted by molar-refractivity contribution is -0.121. The molecule has 0 N–H and O–H groups in total. The lowest BCUT2D eigenvalue weighted by Gasteiger charge is -2.21. The third kappa shape index (κ3) is 5.87. The first kappa shape index (κ1) is 22.1. The Morgan fingerprint density at radius 2 is 1.93 bits per heavy atom. The molecule has 7 nitrogen and oxygen atoms in total. The number of carbonyl (C=O) groups excluding carboxylic acids is 2. The average molecular weight is 417 g/mol. The first-order valence-electron chi connectivity index (χ1n) is 8.91. The van der Waals surface area contributed by atoms with Crippen LogP contribution >= 0.6 is 11.6 Å². The monoisotopic (exact) mass is 416 g/mol. The Bertz CT molecular complexity index is 896. The van der Waals surface area contributed by atoms with Crippen molar-refractivity contribution in [1.29, 1.82) is 5.26 Å². The molecule has 0 aliphatic rings. The zero-order valence-corrected chi connectivity index (χ0v) is 16.9. The molecule has 0 spiro atoms. The Morgan fingerprint density at radius 1 is 1.21 bits per heavy atom. The number of methoxy groups -OCH3 is 1. The number of rotatable bonds is 9. The van der Waals surface area contributed by atoms with E-state index in [9.17, 15) is 9.59 Å². The highest BCUT2D eigenvalue weighted by Crippen LogP contribution is 2.36. The van der Waals surface area contributed by atoms with E-state index in [0.717, 1.165) is 0 Å². The van der Waals surface area contributed by atoms with Gasteiger partial charge in [-0.15, -0.1) is 0 Å². The van der Waals surface area contributed by atoms with Crippen LogP contribution in [0.2, 0.25) is 5.02 Å². The van der Waals surface area contributed by atoms with E-state index in [1.807, 2.05) is 12.1 Å². The number of nitriles is 1. The zero-order valence-electron chi connectivity index (χ0n) is 16.2. The summed E-state index contributed by atoms with van der Waals surface area (Å²) in [5.41, 5.74) is 0.751. The maximum absolute atomic E-state index is 12.6. The van der Waals surface area contributed by atoms with Gasteiger partial charge in [-0.2, -0.15) is 5.26 Å². The van der Waals surface area contributed by atoms with Crippen molar-refractivity contribution in [2.24, 2.45) is 0 Å². The lowest BCUT2D eigenvalue weighted by Crippen LogP contribution is -2.35. The second-order valence-corrected chi connectivity index (χ2v) is 6.19. The van der Waals surface area contributed by atoms with Crippen LogP contribution in [0.5, 0.6) is 11.5 Å². The summed E-state index contributed by atoms with van der Waals surface area (Å²) >= 11 is 6.17. The molecule has 2 aromatic rings. The van der Waals surface area contributed by atoms with E-state index in [1.54, 1.807) is 31.2 Å². The highest BCUT2D eigenvalue weighted by molar-refractivity contribution is 6.32. The molecular formula is C21H21ClN2O5. The predicted octanol–water partition coefficient (Wildman–Crippen LogP) is 3.85. The molecule has 29 heavy (non-hydrogen) atoms. The molecule has 0 aliphatic carbocycles. The Labute approximate surface area is 174 Å². The summed E-state index contributed by atoms with van der Waals surface area (Å²) in [5.74, 6) is -0.549. The van der Waals surface area contributed by atoms with E-state index >= 15 is 0 Å². The van der Waals surface area contributed by atoms with Crippen molar-refractivity contribution >= 4 is 29.2 Å². The number of ether oxygens (including phenoxy) is 3. The molecule has 2 rings (SSSR count). The molecule has 152 valence electrons. The fourth-order valence-corrected chi connectivity index (χ4v) is 2.84. The van der Waals surface area contributed by atoms with Crippen LogP contribution in [-0.2, 0) is 9.53 Å². The largest absolute Gasteiger partial charge is 0.493 e. The molecule has 0 aliphatic heterocycles. The summed E-state index contributed by atoms with van der Waals surface area (Å²) in [6.45, 7) is 1.90. The Morgan fingerprint density at radius 3 is 2.55 bits per heavy atom. The summed E-state index contributed by atoms with van der Waals surface area (Å²) in [6, 6.07) is 13.7. The zero-order chi connectivity index (χ0) is 21.2. The molecule has 0 bridgehead atoms. The van der Waals surface area contributed by atoms with E-state index in [2.05, 4.69) is 0 Å². The van der Waals surface area contributed by atoms with Gasteiger partial charge in [-0.1, -0.05) is 29.8 Å². The molecule has 0 fully saturated rings. The molecule has 8 heteroatoms. The van der Waals surface area contributed by atoms with Gasteiger partial charge in [0.25, 0.3) is 5.91 Å². The van der Waals surface area contributed by atoms with Crippen molar-refractivity contribution < 1.29 is 23.8 Å². The number of carbonyl (C=O) groups is 2. The molecule has 0 saturated heterocycles. The van der Waals surface area contributed by atoms with E-state index in [1.165, 1.54) is 24.1 Å². The van der Waals surface area contributed by atoms with Crippen LogP contribution in [-0.4, -0.2) is 38.7 Å². The number of nitrogens with zero attached hydrogens (tertiary/aromatic N) is 2. The maximum Gasteiger partial charge on any atom is 0.338 e. The molecule has 0 atom stereocenters. The van der Waals surface area contributed by atoms with E-state index in [0.29, 0.717) is 18.0 Å². The lowest BCUT2D eigenvalue weighted by atomic mass is 10.2. The molecule has 0 heterocycles. The number of hydrogen-bond acceptors (Lipinski definition) is 6. The molecule has 2 aromatic carbocycles. The van der Waals surface area contributed by atoms with Gasteiger partial charge in [-0.3, -0.25) is 4.79 Å². The number of hydrogen-bond donors (Lipinski definition) is 0. The molecule has 0 unspecified atom stereocenters. The first-order chi connectivity index (χ1) is 14.0. The third-order valence-electron chi connectivity index (χ3n) is 3.90. The van der Waals surface area contributed by atoms with Crippen molar-refractivity contribution in [3.63, 3.8) is 0 Å². The minimum Gasteiger partial charge on any atom is -0.493 e. The van der Waals surface area contributed by atoms with Crippen molar-refractivity contribution in [3.05, 3.63) is 53.1 Å². The van der Waals surface area contributed by atoms with Gasteiger partial charge in [0.05, 0.1) is 36.8 Å². The molecular weight excluding hydrogens is 396 g/mol. The van der Waals surface area contributed by atoms with Crippen molar-refractivity contribution in [2.45, 2.75) is 13.3 Å². The minimum atomic E-state index is -0.727. The van der Waals surface area contributed by atoms with E-state index < -0.39 is 18.5 Å². The van der Waals surface area contributed by atoms with Gasteiger partial charge in [-0.05, 0) is 31.2 Å². The number of benzene rings is 2. The third-order valence-corrected chi connectivity index (χ3v) is 4.18. The standard InChI is InChI=1S/C21H21ClN2O5/c1-3-28-20-17(22)12-15(13-18(20)27-2)21(26)29-14-19(25)24(11-7-10-23)16-8-5-4-6-9-16/h4-6,8-9,12-13H,3,7,11,14H2,1-2H3. The number of amides is 1. The van der Waals surface area contributed by atoms with Crippen LogP contribution < -0.4 is 14.4 Å². The number of para-hydroxylation sites is 1. The SMILES string of the molecule is CCOc1c(Cl)cc(C(=O)OCC(=O)N(CCC#N)c2ccccc2)cc1OC. The number of esters is 1. The highest BCUT2D eigenvalue weighted by Gasteiger charge is 2.20. The Hall–Kier alpha value is -3.24. The molecule has 1 amide bonds. The first-order valence-corrected chi connectivity index (χ1v) is 9.29. The Kier molecular flexibility index (Phi) is 8.31. The summed E-state index contributed by atoms with van der Waals surface area (Å²) in [5, 5.41) is 9.04. The maximum atomic E-state index is 12.6. The van der Waals surface area contributed by atoms with Gasteiger partial charge in [0, 0.05) is 12.2 Å². The number of anilines is 1. The van der Waals surface area contributed by atoms with E-state index in [-0.39, 0.29) is 29.3 Å². The van der Waals surface area contributed by atoms with Crippen LogP contribution in [0.1, 0.15) is 23.7 Å². The van der Waals surface area contributed by atoms with Crippen LogP contribution in [0, 0.1) is 11.3 Å². The summed E-state index contributed by atoms with van der Waals surface area (Å²) < 4.78 is 15.8. The predicted molar refractivity (Wildman–Crippen MR) is 108 cm³/mol.